The van der Waals surface area contributed by atoms with Crippen molar-refractivity contribution in [3.63, 3.8) is 0 Å². The summed E-state index contributed by atoms with van der Waals surface area (Å²) in [4.78, 5) is 8.51. The molecule has 0 saturated heterocycles. The Morgan fingerprint density at radius 3 is 2.52 bits per heavy atom. The maximum Gasteiger partial charge on any atom is 0.203 e. The molecule has 0 aliphatic heterocycles. The second-order valence-electron chi connectivity index (χ2n) is 5.51. The third-order valence-electron chi connectivity index (χ3n) is 3.67. The van der Waals surface area contributed by atoms with E-state index < -0.39 is 0 Å². The Morgan fingerprint density at radius 1 is 1.07 bits per heavy atom. The van der Waals surface area contributed by atoms with Crippen LogP contribution in [0.1, 0.15) is 12.7 Å². The Bertz CT molecular complexity index is 1030. The van der Waals surface area contributed by atoms with Crippen LogP contribution in [0.5, 0.6) is 5.75 Å². The van der Waals surface area contributed by atoms with Crippen molar-refractivity contribution in [3.8, 4) is 22.8 Å². The Labute approximate surface area is 164 Å². The van der Waals surface area contributed by atoms with Crippen molar-refractivity contribution < 1.29 is 4.74 Å². The van der Waals surface area contributed by atoms with Gasteiger partial charge in [0.1, 0.15) is 11.6 Å². The highest BCUT2D eigenvalue weighted by atomic mass is 32.2. The number of nitrogens with zero attached hydrogens (tertiary/aromatic N) is 6. The smallest absolute Gasteiger partial charge is 0.203 e. The maximum atomic E-state index is 5.55. The van der Waals surface area contributed by atoms with Crippen molar-refractivity contribution in [3.05, 3.63) is 54.6 Å². The highest BCUT2D eigenvalue weighted by Gasteiger charge is 2.18. The number of hydrogen-bond acceptors (Lipinski definition) is 8. The molecule has 7 nitrogen and oxygen atoms in total. The minimum absolute atomic E-state index is 0.631. The van der Waals surface area contributed by atoms with Gasteiger partial charge >= 0.3 is 0 Å². The third kappa shape index (κ3) is 3.83. The molecule has 0 atom stereocenters. The summed E-state index contributed by atoms with van der Waals surface area (Å²) in [6, 6.07) is 11.7. The molecule has 0 aliphatic carbocycles. The van der Waals surface area contributed by atoms with Crippen molar-refractivity contribution >= 4 is 23.3 Å². The molecule has 27 heavy (non-hydrogen) atoms. The zero-order chi connectivity index (χ0) is 18.6. The molecule has 0 saturated carbocycles. The van der Waals surface area contributed by atoms with Gasteiger partial charge in [-0.2, -0.15) is 4.37 Å². The van der Waals surface area contributed by atoms with E-state index in [0.717, 1.165) is 38.1 Å². The average Bonchev–Trinajstić information content (AvgIpc) is 3.30. The summed E-state index contributed by atoms with van der Waals surface area (Å²) < 4.78 is 12.6. The van der Waals surface area contributed by atoms with Crippen LogP contribution in [0.3, 0.4) is 0 Å². The molecule has 0 radical (unpaired) electrons. The third-order valence-corrected chi connectivity index (χ3v) is 5.45. The zero-order valence-electron chi connectivity index (χ0n) is 14.7. The Hall–Kier alpha value is -2.78. The Morgan fingerprint density at radius 2 is 1.85 bits per heavy atom. The van der Waals surface area contributed by atoms with Crippen LogP contribution in [0.4, 0.5) is 0 Å². The van der Waals surface area contributed by atoms with Crippen molar-refractivity contribution in [2.75, 3.05) is 6.61 Å². The largest absolute Gasteiger partial charge is 0.494 e. The standard InChI is InChI=1S/C18H16N6OS2/c1-3-25-15-6-4-14(5-7-15)24-16(13-8-10-19-11-9-13)21-22-17(24)26-18-20-12(2)23-27-18/h4-11H,3H2,1-2H3. The molecule has 0 aliphatic rings. The lowest BCUT2D eigenvalue weighted by molar-refractivity contribution is 0.340. The van der Waals surface area contributed by atoms with Gasteiger partial charge < -0.3 is 4.74 Å². The average molecular weight is 397 g/mol. The van der Waals surface area contributed by atoms with Crippen LogP contribution in [0.15, 0.2) is 58.3 Å². The first-order chi connectivity index (χ1) is 13.2. The summed E-state index contributed by atoms with van der Waals surface area (Å²) in [5.41, 5.74) is 1.88. The monoisotopic (exact) mass is 396 g/mol. The Balaban J connectivity index is 1.79. The quantitative estimate of drug-likeness (QED) is 0.487. The van der Waals surface area contributed by atoms with Crippen LogP contribution >= 0.6 is 23.3 Å². The van der Waals surface area contributed by atoms with E-state index in [4.69, 9.17) is 4.74 Å². The molecular weight excluding hydrogens is 380 g/mol. The predicted molar refractivity (Wildman–Crippen MR) is 105 cm³/mol. The van der Waals surface area contributed by atoms with E-state index in [1.807, 2.05) is 54.8 Å². The highest BCUT2D eigenvalue weighted by Crippen LogP contribution is 2.33. The van der Waals surface area contributed by atoms with E-state index in [2.05, 4.69) is 24.5 Å². The molecule has 9 heteroatoms. The molecule has 0 N–H and O–H groups in total. The van der Waals surface area contributed by atoms with Gasteiger partial charge in [-0.25, -0.2) is 4.98 Å². The molecule has 0 amide bonds. The molecule has 3 heterocycles. The summed E-state index contributed by atoms with van der Waals surface area (Å²) >= 11 is 2.80. The van der Waals surface area contributed by atoms with Gasteiger partial charge in [-0.05, 0) is 73.5 Å². The van der Waals surface area contributed by atoms with Gasteiger partial charge in [-0.15, -0.1) is 10.2 Å². The number of rotatable bonds is 6. The first kappa shape index (κ1) is 17.6. The van der Waals surface area contributed by atoms with Gasteiger partial charge in [0.05, 0.1) is 12.3 Å². The van der Waals surface area contributed by atoms with E-state index in [0.29, 0.717) is 6.61 Å². The number of ether oxygens (including phenoxy) is 1. The van der Waals surface area contributed by atoms with Gasteiger partial charge in [0.2, 0.25) is 5.16 Å². The second-order valence-corrected chi connectivity index (χ2v) is 7.48. The van der Waals surface area contributed by atoms with Gasteiger partial charge in [0.25, 0.3) is 0 Å². The van der Waals surface area contributed by atoms with E-state index >= 15 is 0 Å². The van der Waals surface area contributed by atoms with Gasteiger partial charge in [0, 0.05) is 18.0 Å². The summed E-state index contributed by atoms with van der Waals surface area (Å²) in [5, 5.41) is 9.53. The lowest BCUT2D eigenvalue weighted by Gasteiger charge is -2.10. The van der Waals surface area contributed by atoms with Gasteiger partial charge in [0.15, 0.2) is 10.2 Å². The minimum atomic E-state index is 0.631. The summed E-state index contributed by atoms with van der Waals surface area (Å²) in [6.45, 7) is 4.47. The fourth-order valence-electron chi connectivity index (χ4n) is 2.51. The first-order valence-corrected chi connectivity index (χ1v) is 9.91. The minimum Gasteiger partial charge on any atom is -0.494 e. The number of benzene rings is 1. The number of aryl methyl sites for hydroxylation is 1. The lowest BCUT2D eigenvalue weighted by atomic mass is 10.2. The van der Waals surface area contributed by atoms with Gasteiger partial charge in [-0.3, -0.25) is 9.55 Å². The van der Waals surface area contributed by atoms with Crippen LogP contribution in [-0.4, -0.2) is 35.7 Å². The number of aromatic nitrogens is 6. The molecule has 1 aromatic carbocycles. The zero-order valence-corrected chi connectivity index (χ0v) is 16.4. The molecule has 0 unspecified atom stereocenters. The van der Waals surface area contributed by atoms with Crippen LogP contribution in [0.2, 0.25) is 0 Å². The van der Waals surface area contributed by atoms with Crippen molar-refractivity contribution in [2.24, 2.45) is 0 Å². The second kappa shape index (κ2) is 7.85. The summed E-state index contributed by atoms with van der Waals surface area (Å²) in [7, 11) is 0. The molecule has 0 bridgehead atoms. The fraction of sp³-hybridized carbons (Fsp3) is 0.167. The van der Waals surface area contributed by atoms with Crippen LogP contribution in [0.25, 0.3) is 17.1 Å². The molecule has 4 aromatic rings. The number of pyridine rings is 1. The maximum absolute atomic E-state index is 5.55. The highest BCUT2D eigenvalue weighted by molar-refractivity contribution is 8.00. The normalized spacial score (nSPS) is 10.9. The molecule has 3 aromatic heterocycles. The molecule has 4 rings (SSSR count). The summed E-state index contributed by atoms with van der Waals surface area (Å²) in [5.74, 6) is 2.32. The molecule has 0 spiro atoms. The lowest BCUT2D eigenvalue weighted by Crippen LogP contribution is -2.00. The van der Waals surface area contributed by atoms with Crippen LogP contribution < -0.4 is 4.74 Å². The SMILES string of the molecule is CCOc1ccc(-n2c(Sc3nc(C)ns3)nnc2-c2ccncc2)cc1. The van der Waals surface area contributed by atoms with E-state index in [1.54, 1.807) is 12.4 Å². The van der Waals surface area contributed by atoms with Crippen molar-refractivity contribution in [1.82, 2.24) is 29.1 Å². The molecule has 0 fully saturated rings. The predicted octanol–water partition coefficient (Wildman–Crippen LogP) is 4.04. The Kier molecular flexibility index (Phi) is 5.12. The first-order valence-electron chi connectivity index (χ1n) is 8.32. The molecule has 136 valence electrons. The van der Waals surface area contributed by atoms with Gasteiger partial charge in [-0.1, -0.05) is 0 Å². The van der Waals surface area contributed by atoms with E-state index in [-0.39, 0.29) is 0 Å². The molecular formula is C18H16N6OS2. The number of hydrogen-bond donors (Lipinski definition) is 0. The van der Waals surface area contributed by atoms with Crippen molar-refractivity contribution in [1.29, 1.82) is 0 Å². The van der Waals surface area contributed by atoms with E-state index in [1.165, 1.54) is 23.3 Å². The fourth-order valence-corrected chi connectivity index (χ4v) is 4.12. The van der Waals surface area contributed by atoms with Crippen LogP contribution in [0, 0.1) is 6.92 Å². The summed E-state index contributed by atoms with van der Waals surface area (Å²) in [6.07, 6.45) is 3.49. The topological polar surface area (TPSA) is 78.6 Å². The van der Waals surface area contributed by atoms with Crippen LogP contribution in [-0.2, 0) is 0 Å². The van der Waals surface area contributed by atoms with Crippen molar-refractivity contribution in [2.45, 2.75) is 23.3 Å². The van der Waals surface area contributed by atoms with E-state index in [9.17, 15) is 0 Å².